The van der Waals surface area contributed by atoms with Crippen molar-refractivity contribution in [1.82, 2.24) is 4.57 Å². The van der Waals surface area contributed by atoms with Crippen molar-refractivity contribution in [3.63, 3.8) is 0 Å². The third kappa shape index (κ3) is 2.56. The zero-order valence-corrected chi connectivity index (χ0v) is 11.3. The maximum absolute atomic E-state index is 11.6. The summed E-state index contributed by atoms with van der Waals surface area (Å²) in [6.45, 7) is 2.02. The van der Waals surface area contributed by atoms with Crippen LogP contribution in [0.2, 0.25) is 0 Å². The molecule has 0 aliphatic carbocycles. The standard InChI is InChI=1S/C14H18N2O3/c1-14(15,13(17)19-3)9-16-7-6-10-8-11(18-2)4-5-12(10)16/h4-8H,9,15H2,1-3H3. The number of fused-ring (bicyclic) bond motifs is 1. The SMILES string of the molecule is COC(=O)C(C)(N)Cn1ccc2cc(OC)ccc21. The van der Waals surface area contributed by atoms with E-state index in [-0.39, 0.29) is 0 Å². The molecule has 5 nitrogen and oxygen atoms in total. The topological polar surface area (TPSA) is 66.5 Å². The number of rotatable bonds is 4. The van der Waals surface area contributed by atoms with Gasteiger partial charge in [-0.3, -0.25) is 4.79 Å². The Morgan fingerprint density at radius 2 is 2.11 bits per heavy atom. The Balaban J connectivity index is 2.34. The Labute approximate surface area is 111 Å². The predicted octanol–water partition coefficient (Wildman–Crippen LogP) is 1.54. The summed E-state index contributed by atoms with van der Waals surface area (Å²) in [5, 5.41) is 1.04. The van der Waals surface area contributed by atoms with E-state index in [1.807, 2.05) is 35.0 Å². The molecule has 0 aliphatic rings. The minimum absolute atomic E-state index is 0.357. The molecule has 2 aromatic rings. The maximum atomic E-state index is 11.6. The van der Waals surface area contributed by atoms with E-state index in [0.717, 1.165) is 16.7 Å². The van der Waals surface area contributed by atoms with Crippen LogP contribution in [0.3, 0.4) is 0 Å². The number of nitrogens with zero attached hydrogens (tertiary/aromatic N) is 1. The van der Waals surface area contributed by atoms with Crippen molar-refractivity contribution in [1.29, 1.82) is 0 Å². The molecular formula is C14H18N2O3. The lowest BCUT2D eigenvalue weighted by Gasteiger charge is -2.22. The lowest BCUT2D eigenvalue weighted by molar-refractivity contribution is -0.146. The molecule has 0 radical (unpaired) electrons. The number of ether oxygens (including phenoxy) is 2. The van der Waals surface area contributed by atoms with Gasteiger partial charge in [0.15, 0.2) is 0 Å². The maximum Gasteiger partial charge on any atom is 0.327 e. The van der Waals surface area contributed by atoms with Gasteiger partial charge in [-0.25, -0.2) is 0 Å². The molecule has 1 heterocycles. The van der Waals surface area contributed by atoms with E-state index < -0.39 is 11.5 Å². The zero-order chi connectivity index (χ0) is 14.0. The van der Waals surface area contributed by atoms with Gasteiger partial charge in [-0.2, -0.15) is 0 Å². The molecule has 19 heavy (non-hydrogen) atoms. The summed E-state index contributed by atoms with van der Waals surface area (Å²) in [6, 6.07) is 7.73. The second-order valence-corrected chi connectivity index (χ2v) is 4.78. The van der Waals surface area contributed by atoms with Crippen molar-refractivity contribution in [3.8, 4) is 5.75 Å². The van der Waals surface area contributed by atoms with Gasteiger partial charge in [-0.1, -0.05) is 0 Å². The second kappa shape index (κ2) is 4.93. The average Bonchev–Trinajstić information content (AvgIpc) is 2.79. The van der Waals surface area contributed by atoms with Crippen LogP contribution in [0.5, 0.6) is 5.75 Å². The molecule has 0 spiro atoms. The molecule has 0 amide bonds. The molecule has 5 heteroatoms. The smallest absolute Gasteiger partial charge is 0.327 e. The fourth-order valence-corrected chi connectivity index (χ4v) is 2.09. The summed E-state index contributed by atoms with van der Waals surface area (Å²) in [4.78, 5) is 11.6. The first-order valence-electron chi connectivity index (χ1n) is 5.98. The fourth-order valence-electron chi connectivity index (χ4n) is 2.09. The molecular weight excluding hydrogens is 244 g/mol. The number of esters is 1. The van der Waals surface area contributed by atoms with Crippen LogP contribution in [0.25, 0.3) is 10.9 Å². The highest BCUT2D eigenvalue weighted by Crippen LogP contribution is 2.23. The number of hydrogen-bond donors (Lipinski definition) is 1. The van der Waals surface area contributed by atoms with E-state index in [9.17, 15) is 4.79 Å². The lowest BCUT2D eigenvalue weighted by atomic mass is 10.0. The molecule has 0 saturated carbocycles. The Morgan fingerprint density at radius 3 is 2.74 bits per heavy atom. The van der Waals surface area contributed by atoms with Gasteiger partial charge in [0, 0.05) is 17.1 Å². The molecule has 2 rings (SSSR count). The first-order chi connectivity index (χ1) is 8.97. The van der Waals surface area contributed by atoms with Crippen LogP contribution in [-0.2, 0) is 16.1 Å². The largest absolute Gasteiger partial charge is 0.497 e. The zero-order valence-electron chi connectivity index (χ0n) is 11.3. The molecule has 1 unspecified atom stereocenters. The van der Waals surface area contributed by atoms with Gasteiger partial charge in [0.25, 0.3) is 0 Å². The monoisotopic (exact) mass is 262 g/mol. The van der Waals surface area contributed by atoms with E-state index in [4.69, 9.17) is 15.2 Å². The minimum atomic E-state index is -1.05. The van der Waals surface area contributed by atoms with Crippen LogP contribution in [0.4, 0.5) is 0 Å². The molecule has 102 valence electrons. The number of carbonyl (C=O) groups excluding carboxylic acids is 1. The summed E-state index contributed by atoms with van der Waals surface area (Å²) >= 11 is 0. The lowest BCUT2D eigenvalue weighted by Crippen LogP contribution is -2.49. The van der Waals surface area contributed by atoms with Crippen molar-refractivity contribution in [2.75, 3.05) is 14.2 Å². The van der Waals surface area contributed by atoms with E-state index in [1.165, 1.54) is 7.11 Å². The first kappa shape index (κ1) is 13.4. The van der Waals surface area contributed by atoms with Crippen LogP contribution >= 0.6 is 0 Å². The predicted molar refractivity (Wildman–Crippen MR) is 73.1 cm³/mol. The molecule has 2 N–H and O–H groups in total. The molecule has 1 aromatic carbocycles. The molecule has 0 bridgehead atoms. The number of benzene rings is 1. The Bertz CT molecular complexity index is 602. The summed E-state index contributed by atoms with van der Waals surface area (Å²) < 4.78 is 11.8. The normalized spacial score (nSPS) is 14.1. The van der Waals surface area contributed by atoms with Crippen LogP contribution in [0, 0.1) is 0 Å². The summed E-state index contributed by atoms with van der Waals surface area (Å²) in [7, 11) is 2.97. The third-order valence-electron chi connectivity index (χ3n) is 3.13. The average molecular weight is 262 g/mol. The van der Waals surface area contributed by atoms with Crippen LogP contribution in [0.15, 0.2) is 30.5 Å². The number of nitrogens with two attached hydrogens (primary N) is 1. The molecule has 1 atom stereocenters. The Hall–Kier alpha value is -2.01. The van der Waals surface area contributed by atoms with Crippen molar-refractivity contribution < 1.29 is 14.3 Å². The first-order valence-corrected chi connectivity index (χ1v) is 5.98. The van der Waals surface area contributed by atoms with Crippen LogP contribution < -0.4 is 10.5 Å². The van der Waals surface area contributed by atoms with Gasteiger partial charge in [0.1, 0.15) is 11.3 Å². The van der Waals surface area contributed by atoms with Gasteiger partial charge in [0.2, 0.25) is 0 Å². The van der Waals surface area contributed by atoms with Gasteiger partial charge >= 0.3 is 5.97 Å². The van der Waals surface area contributed by atoms with Crippen molar-refractivity contribution in [2.24, 2.45) is 5.73 Å². The summed E-state index contributed by atoms with van der Waals surface area (Å²) in [5.41, 5.74) is 5.94. The van der Waals surface area contributed by atoms with Crippen LogP contribution in [0.1, 0.15) is 6.92 Å². The minimum Gasteiger partial charge on any atom is -0.497 e. The Morgan fingerprint density at radius 1 is 1.37 bits per heavy atom. The molecule has 0 saturated heterocycles. The van der Waals surface area contributed by atoms with Gasteiger partial charge in [-0.15, -0.1) is 0 Å². The van der Waals surface area contributed by atoms with E-state index in [1.54, 1.807) is 14.0 Å². The highest BCUT2D eigenvalue weighted by atomic mass is 16.5. The number of methoxy groups -OCH3 is 2. The molecule has 0 aliphatic heterocycles. The quantitative estimate of drug-likeness (QED) is 0.849. The summed E-state index contributed by atoms with van der Waals surface area (Å²) in [6.07, 6.45) is 1.90. The molecule has 0 fully saturated rings. The highest BCUT2D eigenvalue weighted by Gasteiger charge is 2.30. The van der Waals surface area contributed by atoms with Gasteiger partial charge in [0.05, 0.1) is 20.8 Å². The van der Waals surface area contributed by atoms with Crippen molar-refractivity contribution in [2.45, 2.75) is 19.0 Å². The highest BCUT2D eigenvalue weighted by molar-refractivity contribution is 5.83. The second-order valence-electron chi connectivity index (χ2n) is 4.78. The van der Waals surface area contributed by atoms with E-state index in [0.29, 0.717) is 6.54 Å². The number of aromatic nitrogens is 1. The third-order valence-corrected chi connectivity index (χ3v) is 3.13. The summed E-state index contributed by atoms with van der Waals surface area (Å²) in [5.74, 6) is 0.372. The molecule has 1 aromatic heterocycles. The van der Waals surface area contributed by atoms with Gasteiger partial charge in [-0.05, 0) is 31.2 Å². The fraction of sp³-hybridized carbons (Fsp3) is 0.357. The van der Waals surface area contributed by atoms with E-state index >= 15 is 0 Å². The number of hydrogen-bond acceptors (Lipinski definition) is 4. The van der Waals surface area contributed by atoms with E-state index in [2.05, 4.69) is 0 Å². The van der Waals surface area contributed by atoms with Crippen LogP contribution in [-0.4, -0.2) is 30.3 Å². The number of carbonyl (C=O) groups is 1. The van der Waals surface area contributed by atoms with Crippen molar-refractivity contribution >= 4 is 16.9 Å². The van der Waals surface area contributed by atoms with Crippen molar-refractivity contribution in [3.05, 3.63) is 30.5 Å². The van der Waals surface area contributed by atoms with Gasteiger partial charge < -0.3 is 19.8 Å². The Kier molecular flexibility index (Phi) is 3.48.